The third kappa shape index (κ3) is 6.63. The van der Waals surface area contributed by atoms with E-state index < -0.39 is 48.2 Å². The first kappa shape index (κ1) is 27.6. The Labute approximate surface area is 208 Å². The number of piperazine rings is 1. The lowest BCUT2D eigenvalue weighted by molar-refractivity contribution is -0.130. The van der Waals surface area contributed by atoms with Gasteiger partial charge >= 0.3 is 10.2 Å². The highest BCUT2D eigenvalue weighted by Gasteiger charge is 2.30. The molecule has 0 radical (unpaired) electrons. The van der Waals surface area contributed by atoms with Crippen LogP contribution in [-0.4, -0.2) is 101 Å². The van der Waals surface area contributed by atoms with Crippen LogP contribution in [0.25, 0.3) is 0 Å². The van der Waals surface area contributed by atoms with Crippen molar-refractivity contribution in [3.05, 3.63) is 41.5 Å². The molecule has 12 nitrogen and oxygen atoms in total. The summed E-state index contributed by atoms with van der Waals surface area (Å²) >= 11 is 0. The molecule has 1 amide bonds. The van der Waals surface area contributed by atoms with Gasteiger partial charge in [-0.05, 0) is 6.07 Å². The van der Waals surface area contributed by atoms with Crippen LogP contribution in [-0.2, 0) is 30.6 Å². The highest BCUT2D eigenvalue weighted by Crippen LogP contribution is 2.23. The van der Waals surface area contributed by atoms with Crippen molar-refractivity contribution in [2.45, 2.75) is 10.9 Å². The van der Waals surface area contributed by atoms with Crippen molar-refractivity contribution < 1.29 is 35.1 Å². The minimum atomic E-state index is -4.41. The number of sulfone groups is 1. The Morgan fingerprint density at radius 3 is 2.39 bits per heavy atom. The second kappa shape index (κ2) is 11.0. The van der Waals surface area contributed by atoms with Gasteiger partial charge in [0.25, 0.3) is 5.16 Å². The van der Waals surface area contributed by atoms with E-state index in [-0.39, 0.29) is 37.2 Å². The number of halogens is 2. The first-order chi connectivity index (χ1) is 16.8. The molecule has 0 atom stereocenters. The van der Waals surface area contributed by atoms with E-state index in [4.69, 9.17) is 4.74 Å². The highest BCUT2D eigenvalue weighted by molar-refractivity contribution is 7.90. The average molecular weight is 549 g/mol. The number of anilines is 1. The predicted molar refractivity (Wildman–Crippen MR) is 125 cm³/mol. The molecule has 16 heteroatoms. The lowest BCUT2D eigenvalue weighted by Gasteiger charge is -2.33. The summed E-state index contributed by atoms with van der Waals surface area (Å²) in [4.78, 5) is 22.7. The molecule has 0 spiro atoms. The third-order valence-electron chi connectivity index (χ3n) is 5.31. The monoisotopic (exact) mass is 548 g/mol. The standard InChI is InChI=1S/C20H26F2N6O6S2/c1-26(2)18(29)12-27-7-9-28(10-8-27)36(32,33)25-16-11-17(34-3)24-20(23-16)35(30,31)13-14-5-4-6-15(21)19(14)22/h4-6,11H,7-10,12-13H2,1-3H3,(H,23,24,25). The van der Waals surface area contributed by atoms with E-state index in [1.54, 1.807) is 14.1 Å². The molecule has 0 aliphatic carbocycles. The van der Waals surface area contributed by atoms with E-state index in [1.807, 2.05) is 4.90 Å². The van der Waals surface area contributed by atoms with Gasteiger partial charge in [-0.1, -0.05) is 12.1 Å². The first-order valence-corrected chi connectivity index (χ1v) is 13.7. The Morgan fingerprint density at radius 2 is 1.78 bits per heavy atom. The van der Waals surface area contributed by atoms with Gasteiger partial charge < -0.3 is 9.64 Å². The molecule has 1 fully saturated rings. The summed E-state index contributed by atoms with van der Waals surface area (Å²) in [6.45, 7) is 0.952. The molecular formula is C20H26F2N6O6S2. The van der Waals surface area contributed by atoms with E-state index in [9.17, 15) is 30.4 Å². The van der Waals surface area contributed by atoms with Gasteiger partial charge in [0, 0.05) is 51.9 Å². The van der Waals surface area contributed by atoms with Gasteiger partial charge in [0.1, 0.15) is 5.82 Å². The number of likely N-dealkylation sites (N-methyl/N-ethyl adjacent to an activating group) is 1. The van der Waals surface area contributed by atoms with Gasteiger partial charge in [0.2, 0.25) is 21.6 Å². The van der Waals surface area contributed by atoms with Crippen molar-refractivity contribution >= 4 is 31.8 Å². The molecule has 1 N–H and O–H groups in total. The molecule has 1 aromatic heterocycles. The zero-order chi connectivity index (χ0) is 26.7. The van der Waals surface area contributed by atoms with Crippen molar-refractivity contribution in [2.75, 3.05) is 58.7 Å². The van der Waals surface area contributed by atoms with Crippen LogP contribution < -0.4 is 9.46 Å². The largest absolute Gasteiger partial charge is 0.481 e. The third-order valence-corrected chi connectivity index (χ3v) is 8.25. The van der Waals surface area contributed by atoms with E-state index in [1.165, 1.54) is 12.0 Å². The van der Waals surface area contributed by atoms with Crippen molar-refractivity contribution in [3.63, 3.8) is 0 Å². The van der Waals surface area contributed by atoms with Crippen LogP contribution in [0.2, 0.25) is 0 Å². The Morgan fingerprint density at radius 1 is 1.11 bits per heavy atom. The van der Waals surface area contributed by atoms with Crippen LogP contribution >= 0.6 is 0 Å². The van der Waals surface area contributed by atoms with E-state index in [0.717, 1.165) is 28.6 Å². The number of methoxy groups -OCH3 is 1. The lowest BCUT2D eigenvalue weighted by atomic mass is 10.2. The van der Waals surface area contributed by atoms with Crippen molar-refractivity contribution in [3.8, 4) is 5.88 Å². The number of aromatic nitrogens is 2. The molecule has 198 valence electrons. The summed E-state index contributed by atoms with van der Waals surface area (Å²) < 4.78 is 87.3. The first-order valence-electron chi connectivity index (χ1n) is 10.6. The number of hydrogen-bond acceptors (Lipinski definition) is 9. The SMILES string of the molecule is COc1cc(NS(=O)(=O)N2CCN(CC(=O)N(C)C)CC2)nc(S(=O)(=O)Cc2cccc(F)c2F)n1. The number of nitrogens with zero attached hydrogens (tertiary/aromatic N) is 5. The van der Waals surface area contributed by atoms with Crippen LogP contribution in [0.3, 0.4) is 0 Å². The fraction of sp³-hybridized carbons (Fsp3) is 0.450. The molecule has 0 unspecified atom stereocenters. The minimum absolute atomic E-state index is 0.0856. The molecule has 1 aliphatic heterocycles. The molecular weight excluding hydrogens is 522 g/mol. The van der Waals surface area contributed by atoms with E-state index >= 15 is 0 Å². The molecule has 0 saturated carbocycles. The van der Waals surface area contributed by atoms with Crippen LogP contribution in [0, 0.1) is 11.6 Å². The highest BCUT2D eigenvalue weighted by atomic mass is 32.2. The van der Waals surface area contributed by atoms with Crippen LogP contribution in [0.15, 0.2) is 29.4 Å². The molecule has 3 rings (SSSR count). The zero-order valence-corrected chi connectivity index (χ0v) is 21.4. The van der Waals surface area contributed by atoms with Crippen molar-refractivity contribution in [1.29, 1.82) is 0 Å². The number of amides is 1. The number of carbonyl (C=O) groups excluding carboxylic acids is 1. The van der Waals surface area contributed by atoms with Gasteiger partial charge in [-0.15, -0.1) is 0 Å². The molecule has 1 saturated heterocycles. The summed E-state index contributed by atoms with van der Waals surface area (Å²) in [6.07, 6.45) is 0. The van der Waals surface area contributed by atoms with Crippen LogP contribution in [0.1, 0.15) is 5.56 Å². The fourth-order valence-electron chi connectivity index (χ4n) is 3.29. The zero-order valence-electron chi connectivity index (χ0n) is 19.8. The number of benzene rings is 1. The maximum absolute atomic E-state index is 14.0. The van der Waals surface area contributed by atoms with Gasteiger partial charge in [-0.2, -0.15) is 22.7 Å². The Hall–Kier alpha value is -2.95. The molecule has 1 aromatic carbocycles. The maximum atomic E-state index is 14.0. The van der Waals surface area contributed by atoms with Crippen LogP contribution in [0.4, 0.5) is 14.6 Å². The smallest absolute Gasteiger partial charge is 0.302 e. The predicted octanol–water partition coefficient (Wildman–Crippen LogP) is 0.0998. The minimum Gasteiger partial charge on any atom is -0.481 e. The second-order valence-corrected chi connectivity index (χ2v) is 11.7. The molecule has 2 heterocycles. The van der Waals surface area contributed by atoms with Gasteiger partial charge in [-0.3, -0.25) is 14.4 Å². The van der Waals surface area contributed by atoms with Gasteiger partial charge in [0.15, 0.2) is 11.6 Å². The van der Waals surface area contributed by atoms with E-state index in [0.29, 0.717) is 13.1 Å². The molecule has 36 heavy (non-hydrogen) atoms. The second-order valence-electron chi connectivity index (χ2n) is 8.12. The normalized spacial score (nSPS) is 15.5. The average Bonchev–Trinajstić information content (AvgIpc) is 2.81. The molecule has 1 aliphatic rings. The summed E-state index contributed by atoms with van der Waals surface area (Å²) in [7, 11) is -4.11. The molecule has 2 aromatic rings. The van der Waals surface area contributed by atoms with Crippen molar-refractivity contribution in [1.82, 2.24) is 24.1 Å². The molecule has 0 bridgehead atoms. The topological polar surface area (TPSA) is 142 Å². The Balaban J connectivity index is 1.78. The number of nitrogens with one attached hydrogen (secondary N) is 1. The summed E-state index contributed by atoms with van der Waals surface area (Å²) in [5, 5.41) is -0.824. The Bertz CT molecular complexity index is 1330. The summed E-state index contributed by atoms with van der Waals surface area (Å²) in [5.41, 5.74) is -0.436. The Kier molecular flexibility index (Phi) is 8.43. The number of ether oxygens (including phenoxy) is 1. The lowest BCUT2D eigenvalue weighted by Crippen LogP contribution is -2.52. The van der Waals surface area contributed by atoms with E-state index in [2.05, 4.69) is 14.7 Å². The summed E-state index contributed by atoms with van der Waals surface area (Å²) in [6, 6.07) is 4.20. The van der Waals surface area contributed by atoms with Crippen molar-refractivity contribution in [2.24, 2.45) is 0 Å². The summed E-state index contributed by atoms with van der Waals surface area (Å²) in [5.74, 6) is -4.24. The number of carbonyl (C=O) groups is 1. The number of hydrogen-bond donors (Lipinski definition) is 1. The fourth-order valence-corrected chi connectivity index (χ4v) is 5.66. The van der Waals surface area contributed by atoms with Gasteiger partial charge in [-0.25, -0.2) is 17.2 Å². The maximum Gasteiger partial charge on any atom is 0.302 e. The van der Waals surface area contributed by atoms with Crippen LogP contribution in [0.5, 0.6) is 5.88 Å². The quantitative estimate of drug-likeness (QED) is 0.432. The number of rotatable bonds is 9. The van der Waals surface area contributed by atoms with Gasteiger partial charge in [0.05, 0.1) is 19.4 Å².